The number of amides is 2. The molecule has 6 heteroatoms. The molecule has 2 amide bonds. The molecule has 0 saturated heterocycles. The molecular weight excluding hydrogens is 380 g/mol. The number of ether oxygens (including phenoxy) is 1. The minimum atomic E-state index is -0.512. The van der Waals surface area contributed by atoms with Crippen molar-refractivity contribution in [3.05, 3.63) is 0 Å². The summed E-state index contributed by atoms with van der Waals surface area (Å²) in [5, 5.41) is 17.9. The lowest BCUT2D eigenvalue weighted by Gasteiger charge is -2.56. The van der Waals surface area contributed by atoms with Gasteiger partial charge < -0.3 is 20.5 Å². The molecular formula is C24H42N2O4. The fourth-order valence-electron chi connectivity index (χ4n) is 6.57. The van der Waals surface area contributed by atoms with Gasteiger partial charge in [0, 0.05) is 31.5 Å². The van der Waals surface area contributed by atoms with E-state index in [4.69, 9.17) is 4.74 Å². The van der Waals surface area contributed by atoms with Gasteiger partial charge in [0.25, 0.3) is 0 Å². The number of aliphatic hydroxyl groups excluding tert-OH is 1. The largest absolute Gasteiger partial charge is 0.392 e. The molecule has 0 aromatic heterocycles. The van der Waals surface area contributed by atoms with Crippen LogP contribution in [0.25, 0.3) is 0 Å². The van der Waals surface area contributed by atoms with E-state index < -0.39 is 6.10 Å². The molecule has 0 spiro atoms. The van der Waals surface area contributed by atoms with E-state index in [0.717, 1.165) is 38.5 Å². The van der Waals surface area contributed by atoms with Gasteiger partial charge in [0.15, 0.2) is 0 Å². The molecule has 0 aliphatic heterocycles. The molecule has 0 aromatic carbocycles. The highest BCUT2D eigenvalue weighted by Gasteiger charge is 2.53. The van der Waals surface area contributed by atoms with E-state index >= 15 is 0 Å². The number of nitrogens with one attached hydrogen (secondary N) is 2. The Morgan fingerprint density at radius 1 is 1.13 bits per heavy atom. The van der Waals surface area contributed by atoms with Crippen LogP contribution in [-0.2, 0) is 14.3 Å². The lowest BCUT2D eigenvalue weighted by molar-refractivity contribution is -0.144. The maximum Gasteiger partial charge on any atom is 0.223 e. The van der Waals surface area contributed by atoms with Crippen molar-refractivity contribution < 1.29 is 19.4 Å². The number of hydrogen-bond acceptors (Lipinski definition) is 4. The third-order valence-corrected chi connectivity index (χ3v) is 8.52. The summed E-state index contributed by atoms with van der Waals surface area (Å²) >= 11 is 0. The van der Waals surface area contributed by atoms with E-state index in [2.05, 4.69) is 24.5 Å². The van der Waals surface area contributed by atoms with Crippen LogP contribution in [0.5, 0.6) is 0 Å². The smallest absolute Gasteiger partial charge is 0.223 e. The maximum absolute atomic E-state index is 12.9. The molecule has 30 heavy (non-hydrogen) atoms. The lowest BCUT2D eigenvalue weighted by Crippen LogP contribution is -2.58. The second-order valence-corrected chi connectivity index (χ2v) is 10.5. The number of methoxy groups -OCH3 is 1. The number of aliphatic hydroxyl groups is 1. The van der Waals surface area contributed by atoms with Crippen LogP contribution in [0.15, 0.2) is 0 Å². The van der Waals surface area contributed by atoms with Crippen LogP contribution in [0, 0.1) is 29.1 Å². The average Bonchev–Trinajstić information content (AvgIpc) is 3.21. The Balaban J connectivity index is 1.65. The van der Waals surface area contributed by atoms with Crippen LogP contribution in [0.1, 0.15) is 78.6 Å². The zero-order valence-corrected chi connectivity index (χ0v) is 19.3. The lowest BCUT2D eigenvalue weighted by atomic mass is 9.51. The van der Waals surface area contributed by atoms with E-state index in [0.29, 0.717) is 19.1 Å². The van der Waals surface area contributed by atoms with Crippen molar-refractivity contribution in [1.29, 1.82) is 0 Å². The van der Waals surface area contributed by atoms with E-state index in [-0.39, 0.29) is 46.9 Å². The molecule has 3 saturated carbocycles. The zero-order valence-electron chi connectivity index (χ0n) is 19.3. The third kappa shape index (κ3) is 5.01. The summed E-state index contributed by atoms with van der Waals surface area (Å²) in [5.74, 6) is 0.187. The van der Waals surface area contributed by atoms with Gasteiger partial charge in [-0.2, -0.15) is 0 Å². The van der Waals surface area contributed by atoms with Crippen molar-refractivity contribution in [1.82, 2.24) is 10.6 Å². The molecule has 3 aliphatic rings. The maximum atomic E-state index is 12.9. The molecule has 6 nitrogen and oxygen atoms in total. The molecule has 3 aliphatic carbocycles. The third-order valence-electron chi connectivity index (χ3n) is 8.52. The first-order valence-corrected chi connectivity index (χ1v) is 12.0. The molecule has 3 N–H and O–H groups in total. The molecule has 7 atom stereocenters. The molecule has 172 valence electrons. The Morgan fingerprint density at radius 2 is 1.80 bits per heavy atom. The first kappa shape index (κ1) is 23.5. The van der Waals surface area contributed by atoms with Crippen LogP contribution in [0.4, 0.5) is 0 Å². The molecule has 0 heterocycles. The summed E-state index contributed by atoms with van der Waals surface area (Å²) in [4.78, 5) is 25.1. The fraction of sp³-hybridized carbons (Fsp3) is 0.917. The summed E-state index contributed by atoms with van der Waals surface area (Å²) in [5.41, 5.74) is 0.0741. The fourth-order valence-corrected chi connectivity index (χ4v) is 6.57. The molecule has 0 aromatic rings. The molecule has 1 unspecified atom stereocenters. The van der Waals surface area contributed by atoms with Gasteiger partial charge in [0.2, 0.25) is 11.8 Å². The van der Waals surface area contributed by atoms with E-state index in [1.165, 1.54) is 12.8 Å². The summed E-state index contributed by atoms with van der Waals surface area (Å²) < 4.78 is 5.02. The van der Waals surface area contributed by atoms with Crippen molar-refractivity contribution in [3.8, 4) is 0 Å². The van der Waals surface area contributed by atoms with E-state index in [1.54, 1.807) is 7.11 Å². The van der Waals surface area contributed by atoms with E-state index in [1.807, 2.05) is 6.92 Å². The number of carbonyl (C=O) groups is 2. The minimum absolute atomic E-state index is 0.0171. The van der Waals surface area contributed by atoms with Crippen LogP contribution in [0.2, 0.25) is 0 Å². The Labute approximate surface area is 181 Å². The first-order valence-electron chi connectivity index (χ1n) is 12.0. The summed E-state index contributed by atoms with van der Waals surface area (Å²) in [6.45, 7) is 6.86. The topological polar surface area (TPSA) is 87.7 Å². The van der Waals surface area contributed by atoms with Gasteiger partial charge in [-0.25, -0.2) is 0 Å². The average molecular weight is 423 g/mol. The van der Waals surface area contributed by atoms with Crippen LogP contribution >= 0.6 is 0 Å². The van der Waals surface area contributed by atoms with Crippen molar-refractivity contribution in [3.63, 3.8) is 0 Å². The van der Waals surface area contributed by atoms with Gasteiger partial charge in [-0.05, 0) is 61.7 Å². The van der Waals surface area contributed by atoms with Gasteiger partial charge in [0.05, 0.1) is 12.7 Å². The number of hydrogen-bond donors (Lipinski definition) is 3. The summed E-state index contributed by atoms with van der Waals surface area (Å²) in [6, 6.07) is 0.384. The number of carbonyl (C=O) groups excluding carboxylic acids is 2. The highest BCUT2D eigenvalue weighted by molar-refractivity contribution is 5.79. The van der Waals surface area contributed by atoms with Gasteiger partial charge >= 0.3 is 0 Å². The Morgan fingerprint density at radius 3 is 2.47 bits per heavy atom. The van der Waals surface area contributed by atoms with Gasteiger partial charge in [0.1, 0.15) is 0 Å². The van der Waals surface area contributed by atoms with Gasteiger partial charge in [-0.15, -0.1) is 0 Å². The predicted molar refractivity (Wildman–Crippen MR) is 117 cm³/mol. The molecule has 0 bridgehead atoms. The zero-order chi connectivity index (χ0) is 21.9. The molecule has 3 fully saturated rings. The minimum Gasteiger partial charge on any atom is -0.392 e. The van der Waals surface area contributed by atoms with Crippen LogP contribution < -0.4 is 10.6 Å². The first-order chi connectivity index (χ1) is 14.3. The molecule has 3 rings (SSSR count). The Hall–Kier alpha value is -1.14. The highest BCUT2D eigenvalue weighted by atomic mass is 16.5. The predicted octanol–water partition coefficient (Wildman–Crippen LogP) is 3.03. The van der Waals surface area contributed by atoms with Crippen LogP contribution in [-0.4, -0.2) is 48.8 Å². The summed E-state index contributed by atoms with van der Waals surface area (Å²) in [7, 11) is 1.60. The van der Waals surface area contributed by atoms with Gasteiger partial charge in [-0.3, -0.25) is 9.59 Å². The second-order valence-electron chi connectivity index (χ2n) is 10.5. The quantitative estimate of drug-likeness (QED) is 0.588. The Bertz CT molecular complexity index is 606. The number of rotatable bonds is 7. The van der Waals surface area contributed by atoms with Crippen molar-refractivity contribution in [2.24, 2.45) is 29.1 Å². The van der Waals surface area contributed by atoms with Crippen molar-refractivity contribution >= 4 is 11.8 Å². The monoisotopic (exact) mass is 422 g/mol. The summed E-state index contributed by atoms with van der Waals surface area (Å²) in [6.07, 6.45) is 8.28. The van der Waals surface area contributed by atoms with Crippen LogP contribution in [0.3, 0.4) is 0 Å². The van der Waals surface area contributed by atoms with E-state index in [9.17, 15) is 14.7 Å². The van der Waals surface area contributed by atoms with Gasteiger partial charge in [-0.1, -0.05) is 33.6 Å². The SMILES string of the molecule is COCCC(=O)N[C@H]1CC[C@]2(C)CCC([C@H](C)C(=O)NC3CCCC3)[C@H](O)[C@H]2[C@@H]1C. The van der Waals surface area contributed by atoms with Crippen molar-refractivity contribution in [2.75, 3.05) is 13.7 Å². The normalized spacial score (nSPS) is 38.0. The highest BCUT2D eigenvalue weighted by Crippen LogP contribution is 2.55. The van der Waals surface area contributed by atoms with Crippen molar-refractivity contribution in [2.45, 2.75) is 96.7 Å². The standard InChI is InChI=1S/C24H42N2O4/c1-15(23(29)25-17-7-5-6-8-17)18-9-12-24(3)13-10-19(16(2)21(24)22(18)28)26-20(27)11-14-30-4/h15-19,21-22,28H,5-14H2,1-4H3,(H,25,29)(H,26,27)/t15-,16+,18?,19-,21+,22-,24-/m0/s1. The number of fused-ring (bicyclic) bond motifs is 1. The second kappa shape index (κ2) is 9.99. The Kier molecular flexibility index (Phi) is 7.83. The molecule has 0 radical (unpaired) electrons.